The Bertz CT molecular complexity index is 2200. The minimum absolute atomic E-state index is 0.0503. The van der Waals surface area contributed by atoms with E-state index in [1.807, 2.05) is 56.3 Å². The fourth-order valence-electron chi connectivity index (χ4n) is 9.21. The van der Waals surface area contributed by atoms with Crippen molar-refractivity contribution in [2.24, 2.45) is 5.92 Å². The summed E-state index contributed by atoms with van der Waals surface area (Å²) in [7, 11) is -3.53. The third-order valence-corrected chi connectivity index (χ3v) is 14.2. The number of rotatable bonds is 17. The highest BCUT2D eigenvalue weighted by Crippen LogP contribution is 2.60. The highest BCUT2D eigenvalue weighted by molar-refractivity contribution is 6.72. The fraction of sp³-hybridized carbons (Fsp3) is 0.476. The van der Waals surface area contributed by atoms with Crippen LogP contribution >= 0.6 is 0 Å². The predicted molar refractivity (Wildman–Crippen MR) is 221 cm³/mol. The van der Waals surface area contributed by atoms with Crippen molar-refractivity contribution in [1.29, 1.82) is 0 Å². The molecule has 0 radical (unpaired) electrons. The number of non-ortho nitro benzene ring substituents is 1. The quantitative estimate of drug-likeness (QED) is 0.0402. The van der Waals surface area contributed by atoms with Crippen LogP contribution in [-0.4, -0.2) is 88.9 Å². The normalized spacial score (nSPS) is 22.6. The number of nitro benzene ring substituents is 1. The molecule has 0 bridgehead atoms. The number of anilines is 3. The van der Waals surface area contributed by atoms with Gasteiger partial charge in [0.1, 0.15) is 5.75 Å². The minimum atomic E-state index is -3.53. The number of nitrogens with one attached hydrogen (secondary N) is 1. The molecule has 59 heavy (non-hydrogen) atoms. The molecular weight excluding hydrogens is 778 g/mol. The molecule has 2 amide bonds. The molecule has 1 aromatic heterocycles. The van der Waals surface area contributed by atoms with Crippen molar-refractivity contribution in [3.05, 3.63) is 99.4 Å². The predicted octanol–water partition coefficient (Wildman–Crippen LogP) is 5.48. The zero-order valence-electron chi connectivity index (χ0n) is 33.8. The van der Waals surface area contributed by atoms with Gasteiger partial charge in [-0.2, -0.15) is 0 Å². The van der Waals surface area contributed by atoms with Gasteiger partial charge in [0.25, 0.3) is 11.6 Å². The molecule has 0 saturated carbocycles. The number of halogens is 1. The lowest BCUT2D eigenvalue weighted by molar-refractivity contribution is -0.385. The van der Waals surface area contributed by atoms with E-state index in [0.29, 0.717) is 85.7 Å². The molecule has 4 heterocycles. The smallest absolute Gasteiger partial charge is 0.269 e. The number of nitrogens with zero attached hydrogens (tertiary/aromatic N) is 6. The number of benzene rings is 3. The largest absolute Gasteiger partial charge is 0.494 e. The molecule has 3 N–H and O–H groups in total. The van der Waals surface area contributed by atoms with Crippen molar-refractivity contribution in [3.8, 4) is 5.75 Å². The van der Waals surface area contributed by atoms with E-state index < -0.39 is 48.4 Å². The average molecular weight is 830 g/mol. The van der Waals surface area contributed by atoms with E-state index in [1.54, 1.807) is 39.8 Å². The Morgan fingerprint density at radius 3 is 2.61 bits per heavy atom. The van der Waals surface area contributed by atoms with Crippen molar-refractivity contribution in [1.82, 2.24) is 20.3 Å². The van der Waals surface area contributed by atoms with E-state index in [1.165, 1.54) is 12.1 Å². The Labute approximate surface area is 343 Å². The molecule has 5 atom stereocenters. The zero-order valence-corrected chi connectivity index (χ0v) is 34.8. The van der Waals surface area contributed by atoms with Crippen molar-refractivity contribution < 1.29 is 38.3 Å². The molecule has 1 saturated heterocycles. The summed E-state index contributed by atoms with van der Waals surface area (Å²) in [6.45, 7) is 8.34. The van der Waals surface area contributed by atoms with E-state index in [9.17, 15) is 25.1 Å². The van der Waals surface area contributed by atoms with Gasteiger partial charge in [-0.15, -0.1) is 5.10 Å². The van der Waals surface area contributed by atoms with Gasteiger partial charge in [-0.1, -0.05) is 24.3 Å². The average Bonchev–Trinajstić information content (AvgIpc) is 3.85. The maximum atomic E-state index is 16.5. The molecule has 3 aromatic carbocycles. The van der Waals surface area contributed by atoms with E-state index in [-0.39, 0.29) is 31.4 Å². The van der Waals surface area contributed by atoms with E-state index in [2.05, 4.69) is 15.6 Å². The molecule has 1 fully saturated rings. The van der Waals surface area contributed by atoms with Crippen molar-refractivity contribution in [2.45, 2.75) is 95.4 Å². The van der Waals surface area contributed by atoms with Crippen LogP contribution in [0.1, 0.15) is 55.5 Å². The van der Waals surface area contributed by atoms with Crippen LogP contribution < -0.4 is 19.9 Å². The summed E-state index contributed by atoms with van der Waals surface area (Å²) >= 11 is 0. The maximum absolute atomic E-state index is 16.5. The lowest BCUT2D eigenvalue weighted by Crippen LogP contribution is -2.49. The molecule has 3 aliphatic heterocycles. The van der Waals surface area contributed by atoms with Gasteiger partial charge in [0.2, 0.25) is 14.3 Å². The first-order chi connectivity index (χ1) is 28.3. The lowest BCUT2D eigenvalue weighted by atomic mass is 9.82. The van der Waals surface area contributed by atoms with Gasteiger partial charge in [-0.3, -0.25) is 29.3 Å². The minimum Gasteiger partial charge on any atom is -0.494 e. The Hall–Kier alpha value is -5.07. The van der Waals surface area contributed by atoms with Crippen LogP contribution in [-0.2, 0) is 45.9 Å². The highest BCUT2D eigenvalue weighted by Gasteiger charge is 2.67. The van der Waals surface area contributed by atoms with Gasteiger partial charge in [0.15, 0.2) is 5.60 Å². The number of aromatic nitrogens is 3. The molecule has 314 valence electrons. The number of carbonyl (C=O) groups is 2. The Morgan fingerprint density at radius 2 is 1.88 bits per heavy atom. The molecule has 1 unspecified atom stereocenters. The van der Waals surface area contributed by atoms with Crippen molar-refractivity contribution in [3.63, 3.8) is 0 Å². The number of hydrogen-bond acceptors (Lipinski definition) is 11. The van der Waals surface area contributed by atoms with Crippen LogP contribution in [0.2, 0.25) is 18.6 Å². The van der Waals surface area contributed by atoms with Gasteiger partial charge in [0, 0.05) is 67.2 Å². The second-order valence-electron chi connectivity index (χ2n) is 16.1. The number of aliphatic hydroxyl groups excluding tert-OH is 2. The number of unbranched alkanes of at least 4 members (excludes halogenated alkanes) is 1. The van der Waals surface area contributed by atoms with Crippen LogP contribution in [0.25, 0.3) is 0 Å². The first-order valence-electron chi connectivity index (χ1n) is 20.3. The van der Waals surface area contributed by atoms with Gasteiger partial charge >= 0.3 is 0 Å². The fourth-order valence-corrected chi connectivity index (χ4v) is 11.8. The molecular formula is C42H52FN7O8Si. The SMILES string of the molecule is CCOc1ccc2c(c1)CC(NCCCCO)C(=O)N2c1cccc(CN2C(=O)[C@@]3(O[C@@H](CCn4cc(CCO)nn4)[C@H]([Si](C)(C)F)[C@H]3C)c3cc([N+](=O)[O-])ccc32)c1. The van der Waals surface area contributed by atoms with Crippen LogP contribution in [0.5, 0.6) is 5.75 Å². The summed E-state index contributed by atoms with van der Waals surface area (Å²) < 4.78 is 30.7. The van der Waals surface area contributed by atoms with Gasteiger partial charge in [-0.05, 0) is 99.8 Å². The second-order valence-corrected chi connectivity index (χ2v) is 19.9. The Balaban J connectivity index is 1.22. The maximum Gasteiger partial charge on any atom is 0.269 e. The van der Waals surface area contributed by atoms with E-state index in [0.717, 1.165) is 11.3 Å². The molecule has 7 rings (SSSR count). The summed E-state index contributed by atoms with van der Waals surface area (Å²) in [5.74, 6) is -0.547. The van der Waals surface area contributed by atoms with Gasteiger partial charge < -0.3 is 34.0 Å². The first kappa shape index (κ1) is 42.1. The van der Waals surface area contributed by atoms with Crippen LogP contribution in [0.3, 0.4) is 0 Å². The first-order valence-corrected chi connectivity index (χ1v) is 23.3. The van der Waals surface area contributed by atoms with Crippen molar-refractivity contribution in [2.75, 3.05) is 36.2 Å². The summed E-state index contributed by atoms with van der Waals surface area (Å²) in [6.07, 6.45) is 3.45. The summed E-state index contributed by atoms with van der Waals surface area (Å²) in [4.78, 5) is 44.2. The Kier molecular flexibility index (Phi) is 12.3. The topological polar surface area (TPSA) is 185 Å². The molecule has 15 nitrogen and oxygen atoms in total. The molecule has 0 aliphatic carbocycles. The Morgan fingerprint density at radius 1 is 1.08 bits per heavy atom. The van der Waals surface area contributed by atoms with Crippen LogP contribution in [0.4, 0.5) is 26.9 Å². The number of aryl methyl sites for hydroxylation is 1. The number of hydrogen-bond donors (Lipinski definition) is 3. The number of fused-ring (bicyclic) bond motifs is 3. The number of nitro groups is 1. The van der Waals surface area contributed by atoms with E-state index >= 15 is 8.90 Å². The molecule has 1 spiro atoms. The van der Waals surface area contributed by atoms with Gasteiger partial charge in [0.05, 0.1) is 47.3 Å². The van der Waals surface area contributed by atoms with Crippen LogP contribution in [0, 0.1) is 16.0 Å². The number of ether oxygens (including phenoxy) is 2. The second kappa shape index (κ2) is 17.3. The lowest BCUT2D eigenvalue weighted by Gasteiger charge is -2.35. The monoisotopic (exact) mass is 829 g/mol. The standard InChI is InChI=1S/C42H52FN7O8Si/c1-5-57-33-12-14-36-29(22-33)23-35(44-17-6-7-19-51)40(53)49(36)31-10-8-9-28(21-31)25-48-37-13-11-32(50(55)56)24-34(37)42(41(48)54)27(2)39(59(3,4)43)38(58-42)15-18-47-26-30(16-20-52)45-46-47/h8-14,21-22,24,26-27,35,38-39,44,51-52H,5-7,15-20,23,25H2,1-4H3/t27-,35?,38+,39-,42+/m1/s1. The summed E-state index contributed by atoms with van der Waals surface area (Å²) in [5, 5.41) is 42.4. The summed E-state index contributed by atoms with van der Waals surface area (Å²) in [5.41, 5.74) is 1.78. The third-order valence-electron chi connectivity index (χ3n) is 11.8. The van der Waals surface area contributed by atoms with Gasteiger partial charge in [-0.25, -0.2) is 0 Å². The third kappa shape index (κ3) is 8.13. The summed E-state index contributed by atoms with van der Waals surface area (Å²) in [6, 6.07) is 16.8. The number of amides is 2. The molecule has 3 aliphatic rings. The molecule has 4 aromatic rings. The van der Waals surface area contributed by atoms with Crippen molar-refractivity contribution >= 4 is 43.0 Å². The highest BCUT2D eigenvalue weighted by atomic mass is 28.4. The number of carbonyl (C=O) groups excluding carboxylic acids is 2. The van der Waals surface area contributed by atoms with E-state index in [4.69, 9.17) is 9.47 Å². The zero-order chi connectivity index (χ0) is 42.1. The van der Waals surface area contributed by atoms with Crippen LogP contribution in [0.15, 0.2) is 66.9 Å². The molecule has 17 heteroatoms. The number of aliphatic hydroxyl groups is 2.